The summed E-state index contributed by atoms with van der Waals surface area (Å²) in [5, 5.41) is 15.6. The lowest BCUT2D eigenvalue weighted by Gasteiger charge is -2.19. The molecule has 0 aliphatic heterocycles. The highest BCUT2D eigenvalue weighted by Crippen LogP contribution is 2.28. The maximum absolute atomic E-state index is 13.0. The average molecular weight is 656 g/mol. The highest BCUT2D eigenvalue weighted by atomic mass is 127. The zero-order valence-electron chi connectivity index (χ0n) is 17.3. The van der Waals surface area contributed by atoms with E-state index in [1.54, 1.807) is 18.2 Å². The number of anilines is 1. The zero-order chi connectivity index (χ0) is 23.1. The fourth-order valence-electron chi connectivity index (χ4n) is 3.04. The van der Waals surface area contributed by atoms with Gasteiger partial charge in [0.2, 0.25) is 5.91 Å². The third kappa shape index (κ3) is 7.09. The second-order valence-electron chi connectivity index (χ2n) is 7.23. The molecule has 0 aromatic heterocycles. The van der Waals surface area contributed by atoms with Gasteiger partial charge in [-0.2, -0.15) is 0 Å². The van der Waals surface area contributed by atoms with Gasteiger partial charge in [-0.15, -0.1) is 0 Å². The minimum Gasteiger partial charge on any atom is -0.506 e. The van der Waals surface area contributed by atoms with Crippen LogP contribution in [0.25, 0.3) is 0 Å². The topological polar surface area (TPSA) is 87.7 Å². The van der Waals surface area contributed by atoms with Crippen LogP contribution in [0, 0.1) is 14.1 Å². The molecule has 0 saturated heterocycles. The van der Waals surface area contributed by atoms with E-state index in [1.807, 2.05) is 101 Å². The van der Waals surface area contributed by atoms with Crippen LogP contribution in [0.2, 0.25) is 0 Å². The van der Waals surface area contributed by atoms with Crippen LogP contribution in [0.4, 0.5) is 10.5 Å². The quantitative estimate of drug-likeness (QED) is 0.298. The van der Waals surface area contributed by atoms with E-state index in [2.05, 4.69) is 10.6 Å². The van der Waals surface area contributed by atoms with Gasteiger partial charge in [-0.05, 0) is 93.1 Å². The van der Waals surface area contributed by atoms with Gasteiger partial charge in [0, 0.05) is 12.1 Å². The van der Waals surface area contributed by atoms with E-state index < -0.39 is 12.1 Å². The number of ether oxygens (including phenoxy) is 1. The molecule has 0 aliphatic rings. The largest absolute Gasteiger partial charge is 0.506 e. The minimum absolute atomic E-state index is 0.105. The summed E-state index contributed by atoms with van der Waals surface area (Å²) in [5.74, 6) is -0.156. The van der Waals surface area contributed by atoms with Crippen LogP contribution in [0.3, 0.4) is 0 Å². The summed E-state index contributed by atoms with van der Waals surface area (Å²) in [7, 11) is 0. The number of phenolic OH excluding ortho intramolecular Hbond substituents is 1. The molecule has 32 heavy (non-hydrogen) atoms. The van der Waals surface area contributed by atoms with E-state index in [0.29, 0.717) is 12.8 Å². The number of alkyl carbamates (subject to hydrolysis) is 1. The Morgan fingerprint density at radius 3 is 2.31 bits per heavy atom. The Labute approximate surface area is 214 Å². The smallest absolute Gasteiger partial charge is 0.408 e. The number of benzene rings is 3. The Morgan fingerprint density at radius 1 is 0.969 bits per heavy atom. The molecule has 0 radical (unpaired) electrons. The van der Waals surface area contributed by atoms with E-state index in [0.717, 1.165) is 16.7 Å². The molecule has 6 nitrogen and oxygen atoms in total. The number of hydrogen-bond donors (Lipinski definition) is 3. The fraction of sp³-hybridized carbons (Fsp3) is 0.167. The summed E-state index contributed by atoms with van der Waals surface area (Å²) in [6, 6.07) is 19.5. The SMILES string of the molecule is Cc1cccc(NC(=O)[C@@H](Cc2cc(I)c(O)c(I)c2)NC(=O)OCc2ccccc2)c1. The van der Waals surface area contributed by atoms with Crippen molar-refractivity contribution >= 4 is 62.9 Å². The van der Waals surface area contributed by atoms with Gasteiger partial charge in [0.25, 0.3) is 0 Å². The number of carbonyl (C=O) groups excluding carboxylic acids is 2. The molecule has 1 atom stereocenters. The Kier molecular flexibility index (Phi) is 8.74. The molecule has 0 saturated carbocycles. The number of hydrogen-bond acceptors (Lipinski definition) is 4. The second kappa shape index (κ2) is 11.5. The molecule has 0 unspecified atom stereocenters. The Morgan fingerprint density at radius 2 is 1.66 bits per heavy atom. The summed E-state index contributed by atoms with van der Waals surface area (Å²) < 4.78 is 6.66. The van der Waals surface area contributed by atoms with E-state index >= 15 is 0 Å². The van der Waals surface area contributed by atoms with Gasteiger partial charge in [-0.3, -0.25) is 4.79 Å². The summed E-state index contributed by atoms with van der Waals surface area (Å²) in [6.07, 6.45) is -0.439. The Balaban J connectivity index is 1.74. The predicted molar refractivity (Wildman–Crippen MR) is 141 cm³/mol. The average Bonchev–Trinajstić information content (AvgIpc) is 2.76. The number of amides is 2. The number of phenols is 1. The standard InChI is InChI=1S/C24H22I2N2O4/c1-15-6-5-9-18(10-15)27-23(30)21(13-17-11-19(25)22(29)20(26)12-17)28-24(31)32-14-16-7-3-2-4-8-16/h2-12,21,29H,13-14H2,1H3,(H,27,30)(H,28,31)/t21-/m1/s1. The predicted octanol–water partition coefficient (Wildman–Crippen LogP) is 5.39. The van der Waals surface area contributed by atoms with Crippen molar-refractivity contribution in [2.24, 2.45) is 0 Å². The molecule has 8 heteroatoms. The van der Waals surface area contributed by atoms with Crippen LogP contribution in [-0.4, -0.2) is 23.1 Å². The summed E-state index contributed by atoms with van der Waals surface area (Å²) >= 11 is 4.08. The van der Waals surface area contributed by atoms with Crippen LogP contribution in [0.1, 0.15) is 16.7 Å². The Bertz CT molecular complexity index is 1080. The van der Waals surface area contributed by atoms with Gasteiger partial charge >= 0.3 is 6.09 Å². The monoisotopic (exact) mass is 656 g/mol. The first-order valence-corrected chi connectivity index (χ1v) is 12.0. The molecule has 0 heterocycles. The number of carbonyl (C=O) groups is 2. The van der Waals surface area contributed by atoms with Gasteiger partial charge < -0.3 is 20.5 Å². The first kappa shape index (κ1) is 24.3. The third-order valence-electron chi connectivity index (χ3n) is 4.62. The number of rotatable bonds is 7. The summed E-state index contributed by atoms with van der Waals surface area (Å²) in [5.41, 5.74) is 3.32. The molecule has 0 spiro atoms. The zero-order valence-corrected chi connectivity index (χ0v) is 21.6. The van der Waals surface area contributed by atoms with Crippen molar-refractivity contribution in [2.45, 2.75) is 26.0 Å². The van der Waals surface area contributed by atoms with Gasteiger partial charge in [0.15, 0.2) is 0 Å². The maximum atomic E-state index is 13.0. The van der Waals surface area contributed by atoms with Crippen LogP contribution < -0.4 is 10.6 Å². The first-order valence-electron chi connectivity index (χ1n) is 9.83. The Hall–Kier alpha value is -2.34. The summed E-state index contributed by atoms with van der Waals surface area (Å²) in [6.45, 7) is 2.04. The highest BCUT2D eigenvalue weighted by Gasteiger charge is 2.23. The molecule has 3 aromatic carbocycles. The highest BCUT2D eigenvalue weighted by molar-refractivity contribution is 14.1. The molecule has 166 valence electrons. The normalized spacial score (nSPS) is 11.5. The molecule has 3 N–H and O–H groups in total. The van der Waals surface area contributed by atoms with E-state index in [1.165, 1.54) is 0 Å². The molecule has 0 bridgehead atoms. The van der Waals surface area contributed by atoms with Gasteiger partial charge in [0.1, 0.15) is 18.4 Å². The maximum Gasteiger partial charge on any atom is 0.408 e. The number of aryl methyl sites for hydroxylation is 1. The van der Waals surface area contributed by atoms with Gasteiger partial charge in [0.05, 0.1) is 7.14 Å². The molecule has 0 aliphatic carbocycles. The van der Waals surface area contributed by atoms with Crippen LogP contribution in [-0.2, 0) is 22.6 Å². The molecular weight excluding hydrogens is 634 g/mol. The molecular formula is C24H22I2N2O4. The number of halogens is 2. The number of nitrogens with one attached hydrogen (secondary N) is 2. The van der Waals surface area contributed by atoms with Crippen molar-refractivity contribution in [1.29, 1.82) is 0 Å². The van der Waals surface area contributed by atoms with Crippen molar-refractivity contribution in [3.63, 3.8) is 0 Å². The minimum atomic E-state index is -0.866. The molecule has 3 rings (SSSR count). The van der Waals surface area contributed by atoms with Crippen molar-refractivity contribution < 1.29 is 19.4 Å². The van der Waals surface area contributed by atoms with Crippen LogP contribution in [0.5, 0.6) is 5.75 Å². The van der Waals surface area contributed by atoms with E-state index in [9.17, 15) is 14.7 Å². The van der Waals surface area contributed by atoms with Gasteiger partial charge in [-0.1, -0.05) is 42.5 Å². The molecule has 3 aromatic rings. The molecule has 2 amide bonds. The summed E-state index contributed by atoms with van der Waals surface area (Å²) in [4.78, 5) is 25.5. The fourth-order valence-corrected chi connectivity index (χ4v) is 4.94. The lowest BCUT2D eigenvalue weighted by Crippen LogP contribution is -2.45. The van der Waals surface area contributed by atoms with Crippen LogP contribution >= 0.6 is 45.2 Å². The number of aromatic hydroxyl groups is 1. The van der Waals surface area contributed by atoms with Crippen molar-refractivity contribution in [2.75, 3.05) is 5.32 Å². The third-order valence-corrected chi connectivity index (χ3v) is 6.27. The lowest BCUT2D eigenvalue weighted by molar-refractivity contribution is -0.118. The molecule has 0 fully saturated rings. The van der Waals surface area contributed by atoms with Crippen molar-refractivity contribution in [1.82, 2.24) is 5.32 Å². The lowest BCUT2D eigenvalue weighted by atomic mass is 10.0. The first-order chi connectivity index (χ1) is 15.3. The van der Waals surface area contributed by atoms with E-state index in [4.69, 9.17) is 4.74 Å². The van der Waals surface area contributed by atoms with Gasteiger partial charge in [-0.25, -0.2) is 4.79 Å². The van der Waals surface area contributed by atoms with Crippen LogP contribution in [0.15, 0.2) is 66.7 Å². The van der Waals surface area contributed by atoms with E-state index in [-0.39, 0.29) is 24.7 Å². The van der Waals surface area contributed by atoms with Crippen molar-refractivity contribution in [3.8, 4) is 5.75 Å². The second-order valence-corrected chi connectivity index (χ2v) is 9.55. The van der Waals surface area contributed by atoms with Crippen molar-refractivity contribution in [3.05, 3.63) is 90.6 Å².